The summed E-state index contributed by atoms with van der Waals surface area (Å²) in [5.41, 5.74) is 1.28. The van der Waals surface area contributed by atoms with E-state index in [0.717, 1.165) is 23.2 Å². The van der Waals surface area contributed by atoms with Crippen LogP contribution in [0.1, 0.15) is 5.56 Å². The van der Waals surface area contributed by atoms with E-state index in [-0.39, 0.29) is 0 Å². The zero-order chi connectivity index (χ0) is 11.3. The van der Waals surface area contributed by atoms with Gasteiger partial charge in [0.25, 0.3) is 0 Å². The topological polar surface area (TPSA) is 12.5 Å². The van der Waals surface area contributed by atoms with Crippen LogP contribution in [0.25, 0.3) is 0 Å². The van der Waals surface area contributed by atoms with Gasteiger partial charge in [-0.1, -0.05) is 6.07 Å². The Morgan fingerprint density at radius 3 is 2.73 bits per heavy atom. The molecule has 0 heterocycles. The van der Waals surface area contributed by atoms with Gasteiger partial charge in [-0.25, -0.2) is 0 Å². The van der Waals surface area contributed by atoms with Gasteiger partial charge in [0.05, 0.1) is 17.6 Å². The molecule has 0 saturated heterocycles. The van der Waals surface area contributed by atoms with Crippen molar-refractivity contribution in [2.24, 2.45) is 0 Å². The summed E-state index contributed by atoms with van der Waals surface area (Å²) in [6, 6.07) is 6.70. The third-order valence-corrected chi connectivity index (χ3v) is 3.23. The Hall–Kier alpha value is -0.250. The maximum Gasteiger partial charge on any atom is 0.133 e. The Morgan fingerprint density at radius 1 is 1.47 bits per heavy atom. The second kappa shape index (κ2) is 6.36. The smallest absolute Gasteiger partial charge is 0.133 e. The van der Waals surface area contributed by atoms with Crippen LogP contribution in [-0.2, 0) is 6.42 Å². The molecule has 15 heavy (non-hydrogen) atoms. The van der Waals surface area contributed by atoms with Crippen LogP contribution in [0.15, 0.2) is 22.7 Å². The zero-order valence-corrected chi connectivity index (χ0v) is 11.3. The highest BCUT2D eigenvalue weighted by Gasteiger charge is 2.02. The molecule has 84 valence electrons. The molecule has 0 atom stereocenters. The third kappa shape index (κ3) is 4.01. The largest absolute Gasteiger partial charge is 0.496 e. The fourth-order valence-electron chi connectivity index (χ4n) is 1.25. The second-order valence-corrected chi connectivity index (χ2v) is 4.51. The molecule has 0 saturated carbocycles. The summed E-state index contributed by atoms with van der Waals surface area (Å²) in [6.07, 6.45) is 0.992. The summed E-state index contributed by atoms with van der Waals surface area (Å²) in [5, 5.41) is 0. The molecule has 0 amide bonds. The summed E-state index contributed by atoms with van der Waals surface area (Å²) >= 11 is 9.16. The van der Waals surface area contributed by atoms with Crippen LogP contribution < -0.4 is 4.74 Å². The molecule has 1 rings (SSSR count). The first-order valence-electron chi connectivity index (χ1n) is 4.74. The molecule has 0 aliphatic heterocycles. The van der Waals surface area contributed by atoms with Gasteiger partial charge in [-0.2, -0.15) is 0 Å². The van der Waals surface area contributed by atoms with E-state index in [1.54, 1.807) is 7.11 Å². The standard InChI is InChI=1S/C11H15BrClNO/c1-14(8-13)6-5-9-3-4-11(15-2)10(12)7-9/h3-4,7H,5-6,8H2,1-2H3. The number of ether oxygens (including phenoxy) is 1. The molecule has 0 fully saturated rings. The Labute approximate surface area is 104 Å². The van der Waals surface area contributed by atoms with Crippen LogP contribution in [0.2, 0.25) is 0 Å². The number of hydrogen-bond acceptors (Lipinski definition) is 2. The van der Waals surface area contributed by atoms with E-state index >= 15 is 0 Å². The first-order chi connectivity index (χ1) is 7.17. The fraction of sp³-hybridized carbons (Fsp3) is 0.455. The Bertz CT molecular complexity index is 319. The average molecular weight is 293 g/mol. The fourth-order valence-corrected chi connectivity index (χ4v) is 1.95. The van der Waals surface area contributed by atoms with Crippen LogP contribution in [0.4, 0.5) is 0 Å². The lowest BCUT2D eigenvalue weighted by molar-refractivity contribution is 0.393. The summed E-state index contributed by atoms with van der Waals surface area (Å²) in [5.74, 6) is 0.865. The molecule has 0 radical (unpaired) electrons. The number of likely N-dealkylation sites (N-methyl/N-ethyl adjacent to an activating group) is 1. The Kier molecular flexibility index (Phi) is 5.43. The maximum atomic E-state index is 5.69. The lowest BCUT2D eigenvalue weighted by atomic mass is 10.1. The third-order valence-electron chi connectivity index (χ3n) is 2.20. The van der Waals surface area contributed by atoms with Crippen molar-refractivity contribution in [2.75, 3.05) is 26.7 Å². The second-order valence-electron chi connectivity index (χ2n) is 3.42. The Balaban J connectivity index is 2.59. The van der Waals surface area contributed by atoms with Crippen molar-refractivity contribution in [1.29, 1.82) is 0 Å². The van der Waals surface area contributed by atoms with E-state index in [4.69, 9.17) is 16.3 Å². The van der Waals surface area contributed by atoms with Gasteiger partial charge in [-0.3, -0.25) is 4.90 Å². The SMILES string of the molecule is COc1ccc(CCN(C)CCl)cc1Br. The normalized spacial score (nSPS) is 10.7. The van der Waals surface area contributed by atoms with E-state index in [1.807, 2.05) is 13.1 Å². The van der Waals surface area contributed by atoms with Crippen molar-refractivity contribution in [3.05, 3.63) is 28.2 Å². The average Bonchev–Trinajstić information content (AvgIpc) is 2.26. The molecule has 0 bridgehead atoms. The van der Waals surface area contributed by atoms with Crippen molar-refractivity contribution < 1.29 is 4.74 Å². The molecule has 0 spiro atoms. The van der Waals surface area contributed by atoms with Gasteiger partial charge >= 0.3 is 0 Å². The summed E-state index contributed by atoms with van der Waals surface area (Å²) < 4.78 is 6.16. The van der Waals surface area contributed by atoms with E-state index in [0.29, 0.717) is 6.00 Å². The van der Waals surface area contributed by atoms with Crippen molar-refractivity contribution >= 4 is 27.5 Å². The number of methoxy groups -OCH3 is 1. The summed E-state index contributed by atoms with van der Waals surface area (Å²) in [4.78, 5) is 2.07. The first-order valence-corrected chi connectivity index (χ1v) is 6.07. The lowest BCUT2D eigenvalue weighted by Crippen LogP contribution is -2.19. The monoisotopic (exact) mass is 291 g/mol. The number of hydrogen-bond donors (Lipinski definition) is 0. The minimum absolute atomic E-state index is 0.567. The molecule has 0 aromatic heterocycles. The van der Waals surface area contributed by atoms with Gasteiger partial charge in [0.15, 0.2) is 0 Å². The number of alkyl halides is 1. The van der Waals surface area contributed by atoms with Crippen molar-refractivity contribution in [3.63, 3.8) is 0 Å². The summed E-state index contributed by atoms with van der Waals surface area (Å²) in [7, 11) is 3.67. The van der Waals surface area contributed by atoms with Gasteiger partial charge in [-0.05, 0) is 47.1 Å². The number of benzene rings is 1. The maximum absolute atomic E-state index is 5.69. The first kappa shape index (κ1) is 12.8. The van der Waals surface area contributed by atoms with Crippen molar-refractivity contribution in [1.82, 2.24) is 4.90 Å². The highest BCUT2D eigenvalue weighted by atomic mass is 79.9. The number of nitrogens with zero attached hydrogens (tertiary/aromatic N) is 1. The molecular formula is C11H15BrClNO. The minimum Gasteiger partial charge on any atom is -0.496 e. The molecule has 0 aliphatic rings. The van der Waals surface area contributed by atoms with Gasteiger partial charge in [0, 0.05) is 6.54 Å². The van der Waals surface area contributed by atoms with Gasteiger partial charge in [0.1, 0.15) is 5.75 Å². The molecular weight excluding hydrogens is 277 g/mol. The van der Waals surface area contributed by atoms with E-state index in [9.17, 15) is 0 Å². The molecule has 0 N–H and O–H groups in total. The van der Waals surface area contributed by atoms with Crippen LogP contribution in [-0.4, -0.2) is 31.6 Å². The number of halogens is 2. The molecule has 2 nitrogen and oxygen atoms in total. The van der Waals surface area contributed by atoms with Gasteiger partial charge < -0.3 is 4.74 Å². The summed E-state index contributed by atoms with van der Waals surface area (Å²) in [6.45, 7) is 0.961. The molecule has 4 heteroatoms. The Morgan fingerprint density at radius 2 is 2.20 bits per heavy atom. The molecule has 1 aromatic carbocycles. The van der Waals surface area contributed by atoms with Crippen LogP contribution in [0.5, 0.6) is 5.75 Å². The molecule has 0 aliphatic carbocycles. The van der Waals surface area contributed by atoms with Crippen LogP contribution >= 0.6 is 27.5 Å². The predicted molar refractivity (Wildman–Crippen MR) is 67.7 cm³/mol. The van der Waals surface area contributed by atoms with Crippen LogP contribution in [0, 0.1) is 0 Å². The van der Waals surface area contributed by atoms with Gasteiger partial charge in [0.2, 0.25) is 0 Å². The van der Waals surface area contributed by atoms with Crippen LogP contribution in [0.3, 0.4) is 0 Å². The zero-order valence-electron chi connectivity index (χ0n) is 8.96. The van der Waals surface area contributed by atoms with Crippen molar-refractivity contribution in [2.45, 2.75) is 6.42 Å². The highest BCUT2D eigenvalue weighted by molar-refractivity contribution is 9.10. The quantitative estimate of drug-likeness (QED) is 0.611. The van der Waals surface area contributed by atoms with E-state index < -0.39 is 0 Å². The molecule has 0 unspecified atom stereocenters. The lowest BCUT2D eigenvalue weighted by Gasteiger charge is -2.12. The van der Waals surface area contributed by atoms with Crippen molar-refractivity contribution in [3.8, 4) is 5.75 Å². The molecule has 1 aromatic rings. The minimum atomic E-state index is 0.567. The van der Waals surface area contributed by atoms with Gasteiger partial charge in [-0.15, -0.1) is 11.6 Å². The van der Waals surface area contributed by atoms with E-state index in [2.05, 4.69) is 33.0 Å². The van der Waals surface area contributed by atoms with E-state index in [1.165, 1.54) is 5.56 Å². The highest BCUT2D eigenvalue weighted by Crippen LogP contribution is 2.25. The number of rotatable bonds is 5. The predicted octanol–water partition coefficient (Wildman–Crippen LogP) is 3.13.